The quantitative estimate of drug-likeness (QED) is 0.503. The van der Waals surface area contributed by atoms with Crippen molar-refractivity contribution in [3.8, 4) is 11.4 Å². The smallest absolute Gasteiger partial charge is 0.162 e. The van der Waals surface area contributed by atoms with Crippen molar-refractivity contribution < 1.29 is 0 Å². The standard InChI is InChI=1S/C26H28N4/c1-6-11-20-19-14-9-10-15-21(19)30-24-22(29(5)25(30)26(20,3)4)16-27-23(28-24)18-13-8-7-12-17(18)2/h6-10,12-16,20,25H,1,11H2,2-5H3. The van der Waals surface area contributed by atoms with Crippen molar-refractivity contribution in [3.05, 3.63) is 78.5 Å². The maximum absolute atomic E-state index is 5.11. The van der Waals surface area contributed by atoms with Crippen LogP contribution in [0.5, 0.6) is 0 Å². The number of hydrogen-bond donors (Lipinski definition) is 0. The molecule has 2 aliphatic rings. The molecule has 0 saturated carbocycles. The van der Waals surface area contributed by atoms with E-state index in [4.69, 9.17) is 9.97 Å². The zero-order chi connectivity index (χ0) is 21.0. The molecule has 2 aliphatic heterocycles. The lowest BCUT2D eigenvalue weighted by Gasteiger charge is -2.51. The van der Waals surface area contributed by atoms with Crippen molar-refractivity contribution in [1.29, 1.82) is 0 Å². The first-order chi connectivity index (χ1) is 14.4. The number of rotatable bonds is 3. The van der Waals surface area contributed by atoms with Crippen LogP contribution in [0.4, 0.5) is 17.2 Å². The fourth-order valence-corrected chi connectivity index (χ4v) is 5.42. The summed E-state index contributed by atoms with van der Waals surface area (Å²) in [6.07, 6.45) is 5.17. The third-order valence-corrected chi connectivity index (χ3v) is 6.89. The average molecular weight is 397 g/mol. The molecule has 0 saturated heterocycles. The summed E-state index contributed by atoms with van der Waals surface area (Å²) in [5, 5.41) is 0. The lowest BCUT2D eigenvalue weighted by atomic mass is 9.67. The normalized spacial score (nSPS) is 21.1. The summed E-state index contributed by atoms with van der Waals surface area (Å²) in [7, 11) is 2.17. The second kappa shape index (κ2) is 6.69. The van der Waals surface area contributed by atoms with E-state index >= 15 is 0 Å². The molecular formula is C26H28N4. The van der Waals surface area contributed by atoms with Crippen molar-refractivity contribution in [2.45, 2.75) is 39.3 Å². The highest BCUT2D eigenvalue weighted by atomic mass is 15.5. The van der Waals surface area contributed by atoms with E-state index in [0.29, 0.717) is 5.92 Å². The third kappa shape index (κ3) is 2.53. The second-order valence-electron chi connectivity index (χ2n) is 9.03. The highest BCUT2D eigenvalue weighted by molar-refractivity contribution is 5.84. The summed E-state index contributed by atoms with van der Waals surface area (Å²) in [4.78, 5) is 14.6. The van der Waals surface area contributed by atoms with Gasteiger partial charge in [-0.25, -0.2) is 9.97 Å². The Morgan fingerprint density at radius 3 is 2.57 bits per heavy atom. The molecule has 0 fully saturated rings. The lowest BCUT2D eigenvalue weighted by Crippen LogP contribution is -2.55. The molecule has 1 aromatic heterocycles. The fraction of sp³-hybridized carbons (Fsp3) is 0.308. The number of anilines is 3. The molecule has 2 unspecified atom stereocenters. The van der Waals surface area contributed by atoms with Crippen LogP contribution in [0, 0.1) is 12.3 Å². The number of hydrogen-bond acceptors (Lipinski definition) is 4. The Balaban J connectivity index is 1.73. The molecule has 2 atom stereocenters. The summed E-state index contributed by atoms with van der Waals surface area (Å²) < 4.78 is 0. The van der Waals surface area contributed by atoms with Crippen LogP contribution in [0.1, 0.15) is 37.3 Å². The van der Waals surface area contributed by atoms with Gasteiger partial charge in [0.15, 0.2) is 11.6 Å². The van der Waals surface area contributed by atoms with Crippen LogP contribution < -0.4 is 9.80 Å². The molecule has 30 heavy (non-hydrogen) atoms. The Morgan fingerprint density at radius 1 is 1.07 bits per heavy atom. The molecule has 2 aromatic carbocycles. The third-order valence-electron chi connectivity index (χ3n) is 6.89. The van der Waals surface area contributed by atoms with Gasteiger partial charge in [0.05, 0.1) is 6.20 Å². The average Bonchev–Trinajstić information content (AvgIpc) is 3.04. The van der Waals surface area contributed by atoms with Crippen molar-refractivity contribution in [1.82, 2.24) is 9.97 Å². The highest BCUT2D eigenvalue weighted by Gasteiger charge is 2.53. The van der Waals surface area contributed by atoms with Crippen LogP contribution in [0.15, 0.2) is 67.4 Å². The van der Waals surface area contributed by atoms with Gasteiger partial charge in [-0.2, -0.15) is 0 Å². The van der Waals surface area contributed by atoms with Gasteiger partial charge in [-0.3, -0.25) is 0 Å². The molecule has 4 heteroatoms. The number of benzene rings is 2. The SMILES string of the molecule is C=CCC1c2ccccc2N2c3nc(-c4ccccc4C)ncc3N(C)C2C1(C)C. The summed E-state index contributed by atoms with van der Waals surface area (Å²) in [5.74, 6) is 2.17. The highest BCUT2D eigenvalue weighted by Crippen LogP contribution is 2.58. The van der Waals surface area contributed by atoms with Gasteiger partial charge in [0, 0.05) is 23.7 Å². The largest absolute Gasteiger partial charge is 0.349 e. The van der Waals surface area contributed by atoms with E-state index in [1.165, 1.54) is 16.8 Å². The first-order valence-electron chi connectivity index (χ1n) is 10.6. The zero-order valence-corrected chi connectivity index (χ0v) is 18.1. The molecule has 3 heterocycles. The summed E-state index contributed by atoms with van der Waals surface area (Å²) in [6.45, 7) is 10.9. The predicted octanol–water partition coefficient (Wildman–Crippen LogP) is 6.07. The monoisotopic (exact) mass is 396 g/mol. The fourth-order valence-electron chi connectivity index (χ4n) is 5.42. The molecule has 0 N–H and O–H groups in total. The van der Waals surface area contributed by atoms with E-state index in [2.05, 4.69) is 92.7 Å². The lowest BCUT2D eigenvalue weighted by molar-refractivity contribution is 0.214. The van der Waals surface area contributed by atoms with Crippen LogP contribution in [0.25, 0.3) is 11.4 Å². The van der Waals surface area contributed by atoms with Crippen LogP contribution >= 0.6 is 0 Å². The number of para-hydroxylation sites is 1. The Labute approximate surface area is 178 Å². The molecule has 3 aromatic rings. The van der Waals surface area contributed by atoms with Crippen LogP contribution in [0.3, 0.4) is 0 Å². The van der Waals surface area contributed by atoms with E-state index in [0.717, 1.165) is 29.3 Å². The number of aromatic nitrogens is 2. The van der Waals surface area contributed by atoms with Gasteiger partial charge in [-0.15, -0.1) is 6.58 Å². The van der Waals surface area contributed by atoms with Gasteiger partial charge in [0.2, 0.25) is 0 Å². The molecule has 0 aliphatic carbocycles. The Morgan fingerprint density at radius 2 is 1.80 bits per heavy atom. The number of allylic oxidation sites excluding steroid dienone is 1. The van der Waals surface area contributed by atoms with Crippen molar-refractivity contribution in [2.75, 3.05) is 16.8 Å². The van der Waals surface area contributed by atoms with E-state index in [-0.39, 0.29) is 11.6 Å². The molecule has 0 amide bonds. The van der Waals surface area contributed by atoms with E-state index in [9.17, 15) is 0 Å². The van der Waals surface area contributed by atoms with Crippen LogP contribution in [-0.2, 0) is 0 Å². The molecule has 0 bridgehead atoms. The second-order valence-corrected chi connectivity index (χ2v) is 9.03. The first kappa shape index (κ1) is 18.9. The summed E-state index contributed by atoms with van der Waals surface area (Å²) in [6, 6.07) is 17.1. The van der Waals surface area contributed by atoms with E-state index in [1.807, 2.05) is 12.3 Å². The van der Waals surface area contributed by atoms with Gasteiger partial charge in [0.1, 0.15) is 11.9 Å². The van der Waals surface area contributed by atoms with Crippen molar-refractivity contribution in [3.63, 3.8) is 0 Å². The first-order valence-corrected chi connectivity index (χ1v) is 10.6. The van der Waals surface area contributed by atoms with Crippen molar-refractivity contribution >= 4 is 17.2 Å². The van der Waals surface area contributed by atoms with Crippen LogP contribution in [-0.4, -0.2) is 23.2 Å². The predicted molar refractivity (Wildman–Crippen MR) is 124 cm³/mol. The Hall–Kier alpha value is -3.14. The maximum atomic E-state index is 5.11. The van der Waals surface area contributed by atoms with Gasteiger partial charge in [0.25, 0.3) is 0 Å². The van der Waals surface area contributed by atoms with Crippen LogP contribution in [0.2, 0.25) is 0 Å². The molecule has 4 nitrogen and oxygen atoms in total. The molecule has 0 spiro atoms. The van der Waals surface area contributed by atoms with Gasteiger partial charge in [-0.05, 0) is 36.5 Å². The minimum absolute atomic E-state index is 0.000814. The number of fused-ring (bicyclic) bond motifs is 5. The minimum Gasteiger partial charge on any atom is -0.349 e. The molecule has 0 radical (unpaired) electrons. The van der Waals surface area contributed by atoms with Crippen molar-refractivity contribution in [2.24, 2.45) is 5.41 Å². The van der Waals surface area contributed by atoms with Gasteiger partial charge in [-0.1, -0.05) is 62.4 Å². The molecule has 5 rings (SSSR count). The molecule has 152 valence electrons. The summed E-state index contributed by atoms with van der Waals surface area (Å²) >= 11 is 0. The number of nitrogens with zero attached hydrogens (tertiary/aromatic N) is 4. The zero-order valence-electron chi connectivity index (χ0n) is 18.1. The Kier molecular flexibility index (Phi) is 4.21. The topological polar surface area (TPSA) is 32.3 Å². The summed E-state index contributed by atoms with van der Waals surface area (Å²) in [5.41, 5.74) is 5.97. The minimum atomic E-state index is 0.000814. The van der Waals surface area contributed by atoms with Gasteiger partial charge < -0.3 is 9.80 Å². The number of aryl methyl sites for hydroxylation is 1. The Bertz CT molecular complexity index is 1130. The van der Waals surface area contributed by atoms with E-state index in [1.54, 1.807) is 0 Å². The van der Waals surface area contributed by atoms with Gasteiger partial charge >= 0.3 is 0 Å². The molecular weight excluding hydrogens is 368 g/mol. The maximum Gasteiger partial charge on any atom is 0.162 e. The van der Waals surface area contributed by atoms with E-state index < -0.39 is 0 Å².